The number of ether oxygens (including phenoxy) is 1. The molecule has 6 heteroatoms. The summed E-state index contributed by atoms with van der Waals surface area (Å²) in [6.07, 6.45) is 7.81. The van der Waals surface area contributed by atoms with Gasteiger partial charge >= 0.3 is 0 Å². The van der Waals surface area contributed by atoms with Gasteiger partial charge in [0, 0.05) is 6.20 Å². The van der Waals surface area contributed by atoms with Gasteiger partial charge in [-0.05, 0) is 17.0 Å². The molecule has 0 amide bonds. The Labute approximate surface area is 108 Å². The monoisotopic (exact) mass is 272 g/mol. The summed E-state index contributed by atoms with van der Waals surface area (Å²) in [4.78, 5) is 4.01. The van der Waals surface area contributed by atoms with Crippen LogP contribution in [0.4, 0.5) is 0 Å². The average molecular weight is 273 g/mol. The van der Waals surface area contributed by atoms with E-state index in [-0.39, 0.29) is 0 Å². The van der Waals surface area contributed by atoms with Crippen LogP contribution in [0.25, 0.3) is 10.9 Å². The molecule has 0 unspecified atom stereocenters. The smallest absolute Gasteiger partial charge is 0.140 e. The molecule has 0 fully saturated rings. The highest BCUT2D eigenvalue weighted by Gasteiger charge is 2.07. The predicted molar refractivity (Wildman–Crippen MR) is 72.6 cm³/mol. The second kappa shape index (κ2) is 5.71. The predicted octanol–water partition coefficient (Wildman–Crippen LogP) is 1.94. The van der Waals surface area contributed by atoms with Crippen LogP contribution in [-0.2, 0) is 22.4 Å². The molecule has 17 heavy (non-hydrogen) atoms. The average Bonchev–Trinajstić information content (AvgIpc) is 2.69. The number of nitrogens with zero attached hydrogens (tertiary/aromatic N) is 3. The van der Waals surface area contributed by atoms with Crippen molar-refractivity contribution in [3.8, 4) is 0 Å². The zero-order valence-electron chi connectivity index (χ0n) is 9.89. The quantitative estimate of drug-likeness (QED) is 0.474. The van der Waals surface area contributed by atoms with Crippen molar-refractivity contribution >= 4 is 33.4 Å². The fourth-order valence-electron chi connectivity index (χ4n) is 1.45. The van der Waals surface area contributed by atoms with Crippen molar-refractivity contribution in [2.45, 2.75) is 6.73 Å². The van der Waals surface area contributed by atoms with Crippen molar-refractivity contribution in [2.75, 3.05) is 24.9 Å². The lowest BCUT2D eigenvalue weighted by atomic mass is 10.3. The van der Waals surface area contributed by atoms with Crippen LogP contribution in [0, 0.1) is 0 Å². The molecule has 2 aromatic rings. The molecule has 0 radical (unpaired) electrons. The van der Waals surface area contributed by atoms with Crippen LogP contribution in [0.3, 0.4) is 0 Å². The molecular weight excluding hydrogens is 258 g/mol. The lowest BCUT2D eigenvalue weighted by Gasteiger charge is -2.04. The van der Waals surface area contributed by atoms with E-state index >= 15 is 0 Å². The highest BCUT2D eigenvalue weighted by Crippen LogP contribution is 2.20. The second-order valence-corrected chi connectivity index (χ2v) is 6.64. The lowest BCUT2D eigenvalue weighted by Crippen LogP contribution is -2.12. The Kier molecular flexibility index (Phi) is 4.25. The van der Waals surface area contributed by atoms with Gasteiger partial charge < -0.3 is 4.74 Å². The summed E-state index contributed by atoms with van der Waals surface area (Å²) < 4.78 is 7.38. The molecule has 0 spiro atoms. The van der Waals surface area contributed by atoms with E-state index in [0.29, 0.717) is 22.8 Å². The van der Waals surface area contributed by atoms with Gasteiger partial charge in [0.2, 0.25) is 0 Å². The molecule has 0 saturated heterocycles. The van der Waals surface area contributed by atoms with Crippen LogP contribution in [0.5, 0.6) is 0 Å². The summed E-state index contributed by atoms with van der Waals surface area (Å²) in [6, 6.07) is 1.89. The van der Waals surface area contributed by atoms with E-state index < -0.39 is 0 Å². The van der Waals surface area contributed by atoms with E-state index in [1.807, 2.05) is 6.07 Å². The third-order valence-electron chi connectivity index (χ3n) is 2.37. The molecule has 0 N–H and O–H groups in total. The minimum atomic E-state index is 0.420. The number of fused-ring (bicyclic) bond motifs is 1. The number of rotatable bonds is 5. The van der Waals surface area contributed by atoms with Crippen LogP contribution in [-0.4, -0.2) is 39.6 Å². The Morgan fingerprint density at radius 3 is 3.06 bits per heavy atom. The standard InChI is InChI=1S/C11H15ClN3OS/c1-17(2)6-5-16-8-15-10-3-4-13-11(12)9(10)7-14-15/h3-4,7H,5-6,8H2,1-2H3/q+1. The molecule has 0 aliphatic rings. The number of halogens is 1. The lowest BCUT2D eigenvalue weighted by molar-refractivity contribution is 0.0841. The molecule has 0 aromatic carbocycles. The van der Waals surface area contributed by atoms with Gasteiger partial charge in [-0.3, -0.25) is 0 Å². The van der Waals surface area contributed by atoms with Crippen LogP contribution in [0.15, 0.2) is 18.5 Å². The first kappa shape index (κ1) is 12.7. The Hall–Kier alpha value is -0.780. The molecule has 92 valence electrons. The number of aromatic nitrogens is 3. The maximum Gasteiger partial charge on any atom is 0.140 e. The van der Waals surface area contributed by atoms with Crippen LogP contribution in [0.1, 0.15) is 0 Å². The third kappa shape index (κ3) is 3.12. The summed E-state index contributed by atoms with van der Waals surface area (Å²) >= 11 is 5.97. The van der Waals surface area contributed by atoms with Crippen molar-refractivity contribution < 1.29 is 4.74 Å². The van der Waals surface area contributed by atoms with Crippen molar-refractivity contribution in [3.05, 3.63) is 23.6 Å². The minimum absolute atomic E-state index is 0.420. The minimum Gasteiger partial charge on any atom is -0.354 e. The van der Waals surface area contributed by atoms with Gasteiger partial charge in [-0.1, -0.05) is 11.6 Å². The molecule has 2 heterocycles. The fraction of sp³-hybridized carbons (Fsp3) is 0.455. The van der Waals surface area contributed by atoms with Gasteiger partial charge in [0.05, 0.1) is 36.2 Å². The van der Waals surface area contributed by atoms with Gasteiger partial charge in [-0.2, -0.15) is 5.10 Å². The maximum atomic E-state index is 5.97. The van der Waals surface area contributed by atoms with E-state index in [9.17, 15) is 0 Å². The molecule has 0 saturated carbocycles. The highest BCUT2D eigenvalue weighted by molar-refractivity contribution is 7.95. The van der Waals surface area contributed by atoms with Crippen molar-refractivity contribution in [2.24, 2.45) is 0 Å². The van der Waals surface area contributed by atoms with Crippen molar-refractivity contribution in [1.82, 2.24) is 14.8 Å². The molecule has 0 bridgehead atoms. The SMILES string of the molecule is C[S+](C)CCOCn1ncc2c(Cl)nccc21. The largest absolute Gasteiger partial charge is 0.354 e. The first-order chi connectivity index (χ1) is 8.18. The zero-order chi connectivity index (χ0) is 12.3. The molecule has 2 aromatic heterocycles. The van der Waals surface area contributed by atoms with Gasteiger partial charge in [0.25, 0.3) is 0 Å². The molecule has 4 nitrogen and oxygen atoms in total. The summed E-state index contributed by atoms with van der Waals surface area (Å²) in [5.74, 6) is 1.08. The van der Waals surface area contributed by atoms with E-state index in [0.717, 1.165) is 23.3 Å². The van der Waals surface area contributed by atoms with Crippen LogP contribution >= 0.6 is 11.6 Å². The van der Waals surface area contributed by atoms with Crippen molar-refractivity contribution in [3.63, 3.8) is 0 Å². The summed E-state index contributed by atoms with van der Waals surface area (Å²) in [6.45, 7) is 1.22. The van der Waals surface area contributed by atoms with Crippen LogP contribution in [0.2, 0.25) is 5.15 Å². The third-order valence-corrected chi connectivity index (χ3v) is 3.66. The normalized spacial score (nSPS) is 11.5. The van der Waals surface area contributed by atoms with Gasteiger partial charge in [0.15, 0.2) is 0 Å². The number of hydrogen-bond acceptors (Lipinski definition) is 3. The van der Waals surface area contributed by atoms with E-state index in [2.05, 4.69) is 22.6 Å². The first-order valence-electron chi connectivity index (χ1n) is 5.26. The fourth-order valence-corrected chi connectivity index (χ4v) is 2.11. The molecular formula is C11H15ClN3OS+. The Bertz CT molecular complexity index is 500. The summed E-state index contributed by atoms with van der Waals surface area (Å²) in [5.41, 5.74) is 0.956. The molecule has 0 atom stereocenters. The summed E-state index contributed by atoms with van der Waals surface area (Å²) in [5, 5.41) is 5.59. The molecule has 0 aliphatic carbocycles. The highest BCUT2D eigenvalue weighted by atomic mass is 35.5. The summed E-state index contributed by atoms with van der Waals surface area (Å²) in [7, 11) is 0.420. The zero-order valence-corrected chi connectivity index (χ0v) is 11.5. The topological polar surface area (TPSA) is 39.9 Å². The maximum absolute atomic E-state index is 5.97. The number of hydrogen-bond donors (Lipinski definition) is 0. The van der Waals surface area contributed by atoms with Crippen molar-refractivity contribution in [1.29, 1.82) is 0 Å². The molecule has 0 aliphatic heterocycles. The first-order valence-corrected chi connectivity index (χ1v) is 7.85. The van der Waals surface area contributed by atoms with Gasteiger partial charge in [0.1, 0.15) is 17.6 Å². The van der Waals surface area contributed by atoms with E-state index in [4.69, 9.17) is 16.3 Å². The second-order valence-electron chi connectivity index (χ2n) is 3.91. The Balaban J connectivity index is 2.02. The van der Waals surface area contributed by atoms with Gasteiger partial charge in [-0.15, -0.1) is 0 Å². The Morgan fingerprint density at radius 2 is 2.29 bits per heavy atom. The van der Waals surface area contributed by atoms with E-state index in [1.165, 1.54) is 0 Å². The Morgan fingerprint density at radius 1 is 1.47 bits per heavy atom. The van der Waals surface area contributed by atoms with Gasteiger partial charge in [-0.25, -0.2) is 9.67 Å². The number of pyridine rings is 1. The van der Waals surface area contributed by atoms with E-state index in [1.54, 1.807) is 17.1 Å². The molecule has 2 rings (SSSR count). The van der Waals surface area contributed by atoms with Crippen LogP contribution < -0.4 is 0 Å².